The zero-order valence-electron chi connectivity index (χ0n) is 11.0. The number of carbonyl (C=O) groups is 1. The van der Waals surface area contributed by atoms with E-state index in [-0.39, 0.29) is 11.7 Å². The molecule has 1 heterocycles. The van der Waals surface area contributed by atoms with Crippen LogP contribution in [0.25, 0.3) is 0 Å². The van der Waals surface area contributed by atoms with E-state index in [1.165, 1.54) is 6.07 Å². The van der Waals surface area contributed by atoms with Crippen LogP contribution >= 0.6 is 0 Å². The highest BCUT2D eigenvalue weighted by atomic mass is 19.1. The maximum Gasteiger partial charge on any atom is 0.256 e. The topological polar surface area (TPSA) is 53.5 Å². The first-order valence-electron chi connectivity index (χ1n) is 6.43. The number of nitrogens with zero attached hydrogens (tertiary/aromatic N) is 1. The Morgan fingerprint density at radius 2 is 2.16 bits per heavy atom. The molecule has 5 heteroatoms. The van der Waals surface area contributed by atoms with Crippen LogP contribution < -0.4 is 10.6 Å². The van der Waals surface area contributed by atoms with Crippen LogP contribution in [0.4, 0.5) is 4.39 Å². The largest absolute Gasteiger partial charge is 0.338 e. The SMILES string of the molecule is Cc1ccc(C2(C)NC(=NC3CC3)NC2=O)cc1F. The van der Waals surface area contributed by atoms with E-state index in [0.717, 1.165) is 12.8 Å². The second-order valence-corrected chi connectivity index (χ2v) is 5.38. The van der Waals surface area contributed by atoms with Gasteiger partial charge in [-0.25, -0.2) is 9.38 Å². The highest BCUT2D eigenvalue weighted by Crippen LogP contribution is 2.28. The third-order valence-electron chi connectivity index (χ3n) is 3.66. The molecule has 0 bridgehead atoms. The molecule has 2 fully saturated rings. The quantitative estimate of drug-likeness (QED) is 0.849. The fraction of sp³-hybridized carbons (Fsp3) is 0.429. The first-order valence-corrected chi connectivity index (χ1v) is 6.43. The third kappa shape index (κ3) is 2.09. The Morgan fingerprint density at radius 3 is 2.79 bits per heavy atom. The molecule has 1 aromatic rings. The summed E-state index contributed by atoms with van der Waals surface area (Å²) in [6.45, 7) is 3.44. The maximum atomic E-state index is 13.7. The van der Waals surface area contributed by atoms with E-state index >= 15 is 0 Å². The van der Waals surface area contributed by atoms with E-state index in [1.54, 1.807) is 26.0 Å². The second kappa shape index (κ2) is 4.05. The molecule has 1 saturated heterocycles. The van der Waals surface area contributed by atoms with Crippen LogP contribution in [-0.2, 0) is 10.3 Å². The lowest BCUT2D eigenvalue weighted by Gasteiger charge is -2.22. The normalized spacial score (nSPS) is 28.4. The molecule has 0 radical (unpaired) electrons. The Morgan fingerprint density at radius 1 is 1.42 bits per heavy atom. The molecule has 1 saturated carbocycles. The highest BCUT2D eigenvalue weighted by Gasteiger charge is 2.43. The predicted molar refractivity (Wildman–Crippen MR) is 70.2 cm³/mol. The molecule has 19 heavy (non-hydrogen) atoms. The number of carbonyl (C=O) groups excluding carboxylic acids is 1. The van der Waals surface area contributed by atoms with Crippen molar-refractivity contribution in [3.63, 3.8) is 0 Å². The molecule has 1 atom stereocenters. The zero-order chi connectivity index (χ0) is 13.6. The lowest BCUT2D eigenvalue weighted by molar-refractivity contribution is -0.123. The molecule has 2 N–H and O–H groups in total. The summed E-state index contributed by atoms with van der Waals surface area (Å²) in [6, 6.07) is 5.17. The minimum atomic E-state index is -0.956. The molecule has 0 aromatic heterocycles. The molecule has 1 amide bonds. The number of aliphatic imine (C=N–C) groups is 1. The van der Waals surface area contributed by atoms with Crippen molar-refractivity contribution in [2.75, 3.05) is 0 Å². The van der Waals surface area contributed by atoms with E-state index in [2.05, 4.69) is 15.6 Å². The van der Waals surface area contributed by atoms with Crippen LogP contribution in [0.15, 0.2) is 23.2 Å². The Bertz CT molecular complexity index is 580. The van der Waals surface area contributed by atoms with Crippen molar-refractivity contribution in [1.82, 2.24) is 10.6 Å². The number of nitrogens with one attached hydrogen (secondary N) is 2. The Kier molecular flexibility index (Phi) is 2.59. The van der Waals surface area contributed by atoms with Crippen molar-refractivity contribution in [2.45, 2.75) is 38.3 Å². The van der Waals surface area contributed by atoms with Crippen LogP contribution in [0.3, 0.4) is 0 Å². The average Bonchev–Trinajstić information content (AvgIpc) is 3.10. The summed E-state index contributed by atoms with van der Waals surface area (Å²) in [4.78, 5) is 16.5. The van der Waals surface area contributed by atoms with Gasteiger partial charge in [-0.2, -0.15) is 0 Å². The summed E-state index contributed by atoms with van der Waals surface area (Å²) in [5.74, 6) is -0.00737. The van der Waals surface area contributed by atoms with Gasteiger partial charge in [-0.3, -0.25) is 10.1 Å². The van der Waals surface area contributed by atoms with Crippen molar-refractivity contribution < 1.29 is 9.18 Å². The average molecular weight is 261 g/mol. The predicted octanol–water partition coefficient (Wildman–Crippen LogP) is 1.59. The first kappa shape index (κ1) is 12.1. The molecule has 100 valence electrons. The minimum absolute atomic E-state index is 0.199. The van der Waals surface area contributed by atoms with Gasteiger partial charge in [0, 0.05) is 0 Å². The summed E-state index contributed by atoms with van der Waals surface area (Å²) in [5.41, 5.74) is 0.217. The second-order valence-electron chi connectivity index (χ2n) is 5.38. The highest BCUT2D eigenvalue weighted by molar-refractivity contribution is 6.09. The summed E-state index contributed by atoms with van der Waals surface area (Å²) < 4.78 is 13.7. The van der Waals surface area contributed by atoms with E-state index in [0.29, 0.717) is 23.1 Å². The molecule has 1 aliphatic heterocycles. The number of aryl methyl sites for hydroxylation is 1. The molecule has 1 aliphatic carbocycles. The van der Waals surface area contributed by atoms with Gasteiger partial charge in [-0.05, 0) is 43.9 Å². The van der Waals surface area contributed by atoms with E-state index < -0.39 is 5.54 Å². The minimum Gasteiger partial charge on any atom is -0.338 e. The van der Waals surface area contributed by atoms with Gasteiger partial charge in [0.05, 0.1) is 6.04 Å². The van der Waals surface area contributed by atoms with E-state index in [9.17, 15) is 9.18 Å². The van der Waals surface area contributed by atoms with Gasteiger partial charge in [0.1, 0.15) is 11.4 Å². The van der Waals surface area contributed by atoms with Gasteiger partial charge in [0.25, 0.3) is 5.91 Å². The smallest absolute Gasteiger partial charge is 0.256 e. The van der Waals surface area contributed by atoms with E-state index in [1.807, 2.05) is 0 Å². The summed E-state index contributed by atoms with van der Waals surface area (Å²) in [5, 5.41) is 5.80. The van der Waals surface area contributed by atoms with Crippen molar-refractivity contribution in [3.05, 3.63) is 35.1 Å². The molecule has 2 aliphatic rings. The lowest BCUT2D eigenvalue weighted by atomic mass is 9.91. The third-order valence-corrected chi connectivity index (χ3v) is 3.66. The molecule has 4 nitrogen and oxygen atoms in total. The number of hydrogen-bond donors (Lipinski definition) is 2. The monoisotopic (exact) mass is 261 g/mol. The van der Waals surface area contributed by atoms with Crippen LogP contribution in [0, 0.1) is 12.7 Å². The van der Waals surface area contributed by atoms with Crippen molar-refractivity contribution in [1.29, 1.82) is 0 Å². The summed E-state index contributed by atoms with van der Waals surface area (Å²) >= 11 is 0. The Hall–Kier alpha value is -1.91. The van der Waals surface area contributed by atoms with Crippen molar-refractivity contribution in [3.8, 4) is 0 Å². The summed E-state index contributed by atoms with van der Waals surface area (Å²) in [7, 11) is 0. The van der Waals surface area contributed by atoms with Crippen LogP contribution in [0.2, 0.25) is 0 Å². The number of halogens is 1. The van der Waals surface area contributed by atoms with Crippen molar-refractivity contribution >= 4 is 11.9 Å². The number of hydrogen-bond acceptors (Lipinski definition) is 2. The van der Waals surface area contributed by atoms with Gasteiger partial charge in [-0.1, -0.05) is 12.1 Å². The van der Waals surface area contributed by atoms with Crippen LogP contribution in [0.1, 0.15) is 30.9 Å². The van der Waals surface area contributed by atoms with Gasteiger partial charge in [0.15, 0.2) is 5.96 Å². The van der Waals surface area contributed by atoms with Crippen molar-refractivity contribution in [2.24, 2.45) is 4.99 Å². The van der Waals surface area contributed by atoms with Gasteiger partial charge in [0.2, 0.25) is 0 Å². The first-order chi connectivity index (χ1) is 8.99. The molecule has 0 spiro atoms. The Labute approximate surface area is 111 Å². The van der Waals surface area contributed by atoms with Crippen LogP contribution in [-0.4, -0.2) is 17.9 Å². The maximum absolute atomic E-state index is 13.7. The lowest BCUT2D eigenvalue weighted by Crippen LogP contribution is -2.40. The molecule has 1 aromatic carbocycles. The van der Waals surface area contributed by atoms with Gasteiger partial charge >= 0.3 is 0 Å². The van der Waals surface area contributed by atoms with Gasteiger partial charge in [-0.15, -0.1) is 0 Å². The summed E-state index contributed by atoms with van der Waals surface area (Å²) in [6.07, 6.45) is 2.13. The van der Waals surface area contributed by atoms with Crippen LogP contribution in [0.5, 0.6) is 0 Å². The fourth-order valence-electron chi connectivity index (χ4n) is 2.12. The standard InChI is InChI=1S/C14H16FN3O/c1-8-3-4-9(7-11(8)15)14(2)12(19)17-13(18-14)16-10-5-6-10/h3-4,7,10H,5-6H2,1-2H3,(H2,16,17,18,19). The fourth-order valence-corrected chi connectivity index (χ4v) is 2.12. The molecule has 1 unspecified atom stereocenters. The number of rotatable bonds is 2. The van der Waals surface area contributed by atoms with Gasteiger partial charge < -0.3 is 5.32 Å². The van der Waals surface area contributed by atoms with E-state index in [4.69, 9.17) is 0 Å². The zero-order valence-corrected chi connectivity index (χ0v) is 11.0. The molecule has 3 rings (SSSR count). The molecular weight excluding hydrogens is 245 g/mol. The Balaban J connectivity index is 1.93. The number of benzene rings is 1. The number of guanidine groups is 1. The molecular formula is C14H16FN3O. The number of amides is 1.